The summed E-state index contributed by atoms with van der Waals surface area (Å²) < 4.78 is 5.20. The van der Waals surface area contributed by atoms with Gasteiger partial charge in [-0.1, -0.05) is 13.3 Å². The number of furan rings is 1. The van der Waals surface area contributed by atoms with Crippen molar-refractivity contribution in [2.24, 2.45) is 0 Å². The third-order valence-electron chi connectivity index (χ3n) is 2.51. The van der Waals surface area contributed by atoms with E-state index in [2.05, 4.69) is 6.92 Å². The lowest BCUT2D eigenvalue weighted by molar-refractivity contribution is 0.0729. The standard InChI is InChI=1S/C12H19NO2/c1-4-6-8-13(5-2)12(14)11-10(3)7-9-15-11/h7,9H,4-6,8H2,1-3H3. The Labute approximate surface area is 91.1 Å². The second-order valence-electron chi connectivity index (χ2n) is 3.67. The predicted octanol–water partition coefficient (Wildman–Crippen LogP) is 2.85. The molecule has 3 heteroatoms. The van der Waals surface area contributed by atoms with Crippen LogP contribution in [-0.2, 0) is 0 Å². The molecule has 0 atom stereocenters. The number of carbonyl (C=O) groups excluding carboxylic acids is 1. The zero-order chi connectivity index (χ0) is 11.3. The average molecular weight is 209 g/mol. The van der Waals surface area contributed by atoms with Crippen molar-refractivity contribution < 1.29 is 9.21 Å². The zero-order valence-electron chi connectivity index (χ0n) is 9.75. The van der Waals surface area contributed by atoms with Gasteiger partial charge in [0, 0.05) is 18.7 Å². The van der Waals surface area contributed by atoms with Gasteiger partial charge in [-0.05, 0) is 26.3 Å². The Morgan fingerprint density at radius 1 is 1.47 bits per heavy atom. The van der Waals surface area contributed by atoms with Gasteiger partial charge >= 0.3 is 0 Å². The first-order valence-corrected chi connectivity index (χ1v) is 5.54. The van der Waals surface area contributed by atoms with Crippen molar-refractivity contribution in [1.29, 1.82) is 0 Å². The molecule has 0 N–H and O–H groups in total. The number of nitrogens with zero attached hydrogens (tertiary/aromatic N) is 1. The number of hydrogen-bond donors (Lipinski definition) is 0. The van der Waals surface area contributed by atoms with Gasteiger partial charge in [-0.2, -0.15) is 0 Å². The largest absolute Gasteiger partial charge is 0.459 e. The van der Waals surface area contributed by atoms with Crippen molar-refractivity contribution in [3.8, 4) is 0 Å². The van der Waals surface area contributed by atoms with E-state index in [1.54, 1.807) is 6.26 Å². The van der Waals surface area contributed by atoms with Crippen molar-refractivity contribution in [2.75, 3.05) is 13.1 Å². The van der Waals surface area contributed by atoms with Crippen LogP contribution in [0.3, 0.4) is 0 Å². The summed E-state index contributed by atoms with van der Waals surface area (Å²) in [5.41, 5.74) is 0.912. The smallest absolute Gasteiger partial charge is 0.289 e. The van der Waals surface area contributed by atoms with Crippen molar-refractivity contribution >= 4 is 5.91 Å². The average Bonchev–Trinajstić information content (AvgIpc) is 2.65. The number of carbonyl (C=O) groups is 1. The molecule has 0 bridgehead atoms. The van der Waals surface area contributed by atoms with Crippen LogP contribution >= 0.6 is 0 Å². The number of aryl methyl sites for hydroxylation is 1. The molecule has 1 rings (SSSR count). The number of amides is 1. The molecule has 0 saturated carbocycles. The van der Waals surface area contributed by atoms with Gasteiger partial charge in [-0.3, -0.25) is 4.79 Å². The lowest BCUT2D eigenvalue weighted by atomic mass is 10.2. The first kappa shape index (κ1) is 11.8. The summed E-state index contributed by atoms with van der Waals surface area (Å²) in [4.78, 5) is 13.8. The predicted molar refractivity (Wildman–Crippen MR) is 59.9 cm³/mol. The Balaban J connectivity index is 2.69. The Hall–Kier alpha value is -1.25. The summed E-state index contributed by atoms with van der Waals surface area (Å²) in [6.07, 6.45) is 3.70. The van der Waals surface area contributed by atoms with Crippen LogP contribution in [0, 0.1) is 6.92 Å². The van der Waals surface area contributed by atoms with E-state index in [0.29, 0.717) is 5.76 Å². The van der Waals surface area contributed by atoms with Crippen LogP contribution in [0.1, 0.15) is 42.8 Å². The maximum absolute atomic E-state index is 12.0. The first-order chi connectivity index (χ1) is 7.20. The molecule has 0 spiro atoms. The topological polar surface area (TPSA) is 33.5 Å². The van der Waals surface area contributed by atoms with Crippen LogP contribution in [0.25, 0.3) is 0 Å². The minimum Gasteiger partial charge on any atom is -0.459 e. The molecule has 0 aliphatic carbocycles. The van der Waals surface area contributed by atoms with Gasteiger partial charge in [-0.15, -0.1) is 0 Å². The summed E-state index contributed by atoms with van der Waals surface area (Å²) in [5.74, 6) is 0.487. The van der Waals surface area contributed by atoms with Crippen LogP contribution < -0.4 is 0 Å². The van der Waals surface area contributed by atoms with Crippen molar-refractivity contribution in [3.63, 3.8) is 0 Å². The highest BCUT2D eigenvalue weighted by atomic mass is 16.3. The molecule has 0 aromatic carbocycles. The molecule has 0 saturated heterocycles. The van der Waals surface area contributed by atoms with E-state index in [9.17, 15) is 4.79 Å². The Morgan fingerprint density at radius 2 is 2.20 bits per heavy atom. The maximum atomic E-state index is 12.0. The quantitative estimate of drug-likeness (QED) is 0.747. The van der Waals surface area contributed by atoms with Gasteiger partial charge in [0.1, 0.15) is 0 Å². The highest BCUT2D eigenvalue weighted by molar-refractivity contribution is 5.92. The van der Waals surface area contributed by atoms with Crippen LogP contribution in [0.5, 0.6) is 0 Å². The van der Waals surface area contributed by atoms with E-state index >= 15 is 0 Å². The molecule has 0 aliphatic rings. The van der Waals surface area contributed by atoms with E-state index in [0.717, 1.165) is 31.5 Å². The molecule has 15 heavy (non-hydrogen) atoms. The van der Waals surface area contributed by atoms with Crippen LogP contribution in [0.4, 0.5) is 0 Å². The molecule has 1 aromatic heterocycles. The maximum Gasteiger partial charge on any atom is 0.289 e. The molecule has 1 amide bonds. The molecule has 84 valence electrons. The molecule has 0 fully saturated rings. The molecular formula is C12H19NO2. The zero-order valence-corrected chi connectivity index (χ0v) is 9.75. The van der Waals surface area contributed by atoms with Crippen LogP contribution in [0.15, 0.2) is 16.7 Å². The fourth-order valence-corrected chi connectivity index (χ4v) is 1.49. The summed E-state index contributed by atoms with van der Waals surface area (Å²) >= 11 is 0. The molecule has 1 heterocycles. The molecule has 3 nitrogen and oxygen atoms in total. The summed E-state index contributed by atoms with van der Waals surface area (Å²) in [5, 5.41) is 0. The van der Waals surface area contributed by atoms with Crippen LogP contribution in [-0.4, -0.2) is 23.9 Å². The SMILES string of the molecule is CCCCN(CC)C(=O)c1occc1C. The third kappa shape index (κ3) is 2.85. The summed E-state index contributed by atoms with van der Waals surface area (Å²) in [6, 6.07) is 1.82. The normalized spacial score (nSPS) is 10.3. The highest BCUT2D eigenvalue weighted by Crippen LogP contribution is 2.12. The minimum atomic E-state index is 0.00782. The Bertz CT molecular complexity index is 317. The van der Waals surface area contributed by atoms with E-state index in [4.69, 9.17) is 4.42 Å². The van der Waals surface area contributed by atoms with E-state index in [1.165, 1.54) is 0 Å². The lowest BCUT2D eigenvalue weighted by Crippen LogP contribution is -2.31. The molecule has 0 unspecified atom stereocenters. The second-order valence-corrected chi connectivity index (χ2v) is 3.67. The summed E-state index contributed by atoms with van der Waals surface area (Å²) in [7, 11) is 0. The van der Waals surface area contributed by atoms with E-state index in [1.807, 2.05) is 24.8 Å². The Kier molecular flexibility index (Phi) is 4.40. The summed E-state index contributed by atoms with van der Waals surface area (Å²) in [6.45, 7) is 7.55. The number of hydrogen-bond acceptors (Lipinski definition) is 2. The van der Waals surface area contributed by atoms with Crippen molar-refractivity contribution in [2.45, 2.75) is 33.6 Å². The first-order valence-electron chi connectivity index (χ1n) is 5.54. The minimum absolute atomic E-state index is 0.00782. The van der Waals surface area contributed by atoms with Crippen LogP contribution in [0.2, 0.25) is 0 Å². The van der Waals surface area contributed by atoms with Gasteiger partial charge in [0.2, 0.25) is 0 Å². The Morgan fingerprint density at radius 3 is 2.67 bits per heavy atom. The van der Waals surface area contributed by atoms with Gasteiger partial charge in [0.15, 0.2) is 5.76 Å². The monoisotopic (exact) mass is 209 g/mol. The number of unbranched alkanes of at least 4 members (excludes halogenated alkanes) is 1. The van der Waals surface area contributed by atoms with E-state index < -0.39 is 0 Å². The molecule has 0 radical (unpaired) electrons. The fourth-order valence-electron chi connectivity index (χ4n) is 1.49. The van der Waals surface area contributed by atoms with Crippen molar-refractivity contribution in [1.82, 2.24) is 4.90 Å². The molecular weight excluding hydrogens is 190 g/mol. The lowest BCUT2D eigenvalue weighted by Gasteiger charge is -2.19. The van der Waals surface area contributed by atoms with Gasteiger partial charge < -0.3 is 9.32 Å². The molecule has 1 aromatic rings. The van der Waals surface area contributed by atoms with Gasteiger partial charge in [-0.25, -0.2) is 0 Å². The van der Waals surface area contributed by atoms with E-state index in [-0.39, 0.29) is 5.91 Å². The number of rotatable bonds is 5. The van der Waals surface area contributed by atoms with Gasteiger partial charge in [0.25, 0.3) is 5.91 Å². The third-order valence-corrected chi connectivity index (χ3v) is 2.51. The highest BCUT2D eigenvalue weighted by Gasteiger charge is 2.18. The second kappa shape index (κ2) is 5.59. The van der Waals surface area contributed by atoms with Gasteiger partial charge in [0.05, 0.1) is 6.26 Å². The van der Waals surface area contributed by atoms with Crippen molar-refractivity contribution in [3.05, 3.63) is 23.7 Å². The molecule has 0 aliphatic heterocycles. The fraction of sp³-hybridized carbons (Fsp3) is 0.583.